The molecule has 1 aliphatic rings. The highest BCUT2D eigenvalue weighted by molar-refractivity contribution is 9.10. The van der Waals surface area contributed by atoms with E-state index in [0.717, 1.165) is 40.9 Å². The molecule has 192 valence electrons. The van der Waals surface area contributed by atoms with Crippen molar-refractivity contribution in [1.29, 1.82) is 0 Å². The second-order valence-corrected chi connectivity index (χ2v) is 10.8. The van der Waals surface area contributed by atoms with Gasteiger partial charge in [0.15, 0.2) is 0 Å². The Labute approximate surface area is 220 Å². The molecule has 36 heavy (non-hydrogen) atoms. The van der Waals surface area contributed by atoms with Crippen molar-refractivity contribution >= 4 is 39.8 Å². The molecular formula is C27H34BrN5O3. The first-order valence-electron chi connectivity index (χ1n) is 12.0. The second-order valence-electron chi connectivity index (χ2n) is 9.90. The monoisotopic (exact) mass is 555 g/mol. The van der Waals surface area contributed by atoms with Gasteiger partial charge in [0.25, 0.3) is 5.91 Å². The zero-order valence-corrected chi connectivity index (χ0v) is 22.6. The van der Waals surface area contributed by atoms with Crippen molar-refractivity contribution in [3.05, 3.63) is 69.0 Å². The van der Waals surface area contributed by atoms with Gasteiger partial charge in [-0.15, -0.1) is 0 Å². The van der Waals surface area contributed by atoms with Crippen LogP contribution in [0.1, 0.15) is 62.0 Å². The maximum atomic E-state index is 13.0. The summed E-state index contributed by atoms with van der Waals surface area (Å²) in [6, 6.07) is 9.12. The number of hydrogen-bond donors (Lipinski definition) is 4. The molecule has 2 aromatic rings. The standard InChI is InChI=1S/C27H34BrN5O3/c1-27(2,3)20-11-18(12-21(28)13-20)23(14-24(34)35)33-26(36)19(15-29)16-30-10-8-22-7-6-17-5-4-9-31-25(17)32-22/h6-7,11-13,15-16,23H,4-5,8-10,14,29H2,1-3H3,(H,31,32)(H,33,36)(H,34,35)/t23-/m0/s1. The number of benzene rings is 1. The topological polar surface area (TPSA) is 130 Å². The van der Waals surface area contributed by atoms with E-state index < -0.39 is 17.9 Å². The van der Waals surface area contributed by atoms with Crippen LogP contribution in [0.4, 0.5) is 5.82 Å². The Hall–Kier alpha value is -3.20. The number of fused-ring (bicyclic) bond motifs is 1. The van der Waals surface area contributed by atoms with E-state index >= 15 is 0 Å². The number of carbonyl (C=O) groups excluding carboxylic acids is 1. The number of nitrogens with one attached hydrogen (secondary N) is 2. The van der Waals surface area contributed by atoms with Crippen LogP contribution in [0.3, 0.4) is 0 Å². The summed E-state index contributed by atoms with van der Waals surface area (Å²) in [6.07, 6.45) is 5.11. The molecule has 1 aromatic heterocycles. The van der Waals surface area contributed by atoms with Crippen LogP contribution in [0.5, 0.6) is 0 Å². The van der Waals surface area contributed by atoms with E-state index in [1.165, 1.54) is 18.0 Å². The molecule has 2 heterocycles. The molecule has 0 radical (unpaired) electrons. The molecule has 0 bridgehead atoms. The van der Waals surface area contributed by atoms with Gasteiger partial charge in [-0.25, -0.2) is 4.98 Å². The third-order valence-electron chi connectivity index (χ3n) is 5.99. The predicted molar refractivity (Wildman–Crippen MR) is 146 cm³/mol. The minimum Gasteiger partial charge on any atom is -0.481 e. The molecule has 1 amide bonds. The molecule has 1 aliphatic heterocycles. The lowest BCUT2D eigenvalue weighted by Gasteiger charge is -2.24. The van der Waals surface area contributed by atoms with Crippen LogP contribution in [-0.2, 0) is 27.8 Å². The number of carboxylic acid groups (broad SMARTS) is 1. The molecule has 0 fully saturated rings. The fourth-order valence-electron chi connectivity index (χ4n) is 3.94. The summed E-state index contributed by atoms with van der Waals surface area (Å²) >= 11 is 3.51. The van der Waals surface area contributed by atoms with E-state index in [-0.39, 0.29) is 17.4 Å². The lowest BCUT2D eigenvalue weighted by atomic mass is 9.85. The van der Waals surface area contributed by atoms with Gasteiger partial charge in [0, 0.05) is 42.1 Å². The van der Waals surface area contributed by atoms with Gasteiger partial charge in [-0.1, -0.05) is 48.8 Å². The van der Waals surface area contributed by atoms with Crippen molar-refractivity contribution in [3.8, 4) is 0 Å². The van der Waals surface area contributed by atoms with Crippen LogP contribution in [0.2, 0.25) is 0 Å². The van der Waals surface area contributed by atoms with Crippen molar-refractivity contribution in [2.75, 3.05) is 18.4 Å². The van der Waals surface area contributed by atoms with Crippen LogP contribution in [0, 0.1) is 0 Å². The predicted octanol–water partition coefficient (Wildman–Crippen LogP) is 4.29. The quantitative estimate of drug-likeness (QED) is 0.270. The molecule has 3 rings (SSSR count). The van der Waals surface area contributed by atoms with Crippen molar-refractivity contribution in [1.82, 2.24) is 10.3 Å². The van der Waals surface area contributed by atoms with E-state index in [9.17, 15) is 14.7 Å². The van der Waals surface area contributed by atoms with Gasteiger partial charge in [-0.05, 0) is 53.1 Å². The fraction of sp³-hybridized carbons (Fsp3) is 0.407. The Morgan fingerprint density at radius 3 is 2.78 bits per heavy atom. The number of carboxylic acids is 1. The summed E-state index contributed by atoms with van der Waals surface area (Å²) in [6.45, 7) is 7.60. The zero-order valence-electron chi connectivity index (χ0n) is 21.0. The van der Waals surface area contributed by atoms with Gasteiger partial charge in [-0.2, -0.15) is 0 Å². The molecule has 1 aromatic carbocycles. The first-order valence-corrected chi connectivity index (χ1v) is 12.8. The fourth-order valence-corrected chi connectivity index (χ4v) is 4.45. The summed E-state index contributed by atoms with van der Waals surface area (Å²) < 4.78 is 0.816. The smallest absolute Gasteiger partial charge is 0.305 e. The Balaban J connectivity index is 1.67. The number of aliphatic imine (C=N–C) groups is 1. The number of pyridine rings is 1. The lowest BCUT2D eigenvalue weighted by Crippen LogP contribution is -2.32. The minimum atomic E-state index is -1.02. The van der Waals surface area contributed by atoms with Gasteiger partial charge in [0.2, 0.25) is 0 Å². The number of halogens is 1. The van der Waals surface area contributed by atoms with Gasteiger partial charge in [-0.3, -0.25) is 14.6 Å². The number of hydrogen-bond acceptors (Lipinski definition) is 6. The molecular weight excluding hydrogens is 522 g/mol. The van der Waals surface area contributed by atoms with Crippen LogP contribution in [0.15, 0.2) is 51.6 Å². The molecule has 0 saturated carbocycles. The van der Waals surface area contributed by atoms with Gasteiger partial charge >= 0.3 is 5.97 Å². The summed E-state index contributed by atoms with van der Waals surface area (Å²) in [5.74, 6) is -0.561. The summed E-state index contributed by atoms with van der Waals surface area (Å²) in [5, 5.41) is 15.6. The number of nitrogens with zero attached hydrogens (tertiary/aromatic N) is 2. The number of anilines is 1. The normalized spacial score (nSPS) is 14.7. The Bertz CT molecular complexity index is 1170. The van der Waals surface area contributed by atoms with E-state index in [2.05, 4.69) is 63.4 Å². The van der Waals surface area contributed by atoms with Crippen molar-refractivity contribution in [2.24, 2.45) is 10.7 Å². The number of aromatic nitrogens is 1. The molecule has 0 unspecified atom stereocenters. The number of amides is 1. The number of aliphatic carboxylic acids is 1. The molecule has 1 atom stereocenters. The molecule has 5 N–H and O–H groups in total. The molecule has 8 nitrogen and oxygen atoms in total. The summed E-state index contributed by atoms with van der Waals surface area (Å²) in [5.41, 5.74) is 9.61. The van der Waals surface area contributed by atoms with Crippen molar-refractivity contribution < 1.29 is 14.7 Å². The van der Waals surface area contributed by atoms with E-state index in [1.807, 2.05) is 24.3 Å². The Morgan fingerprint density at radius 1 is 1.31 bits per heavy atom. The van der Waals surface area contributed by atoms with Gasteiger partial charge in [0.05, 0.1) is 18.0 Å². The minimum absolute atomic E-state index is 0.145. The largest absolute Gasteiger partial charge is 0.481 e. The Kier molecular flexibility index (Phi) is 9.25. The van der Waals surface area contributed by atoms with Gasteiger partial charge < -0.3 is 21.5 Å². The number of rotatable bonds is 9. The third-order valence-corrected chi connectivity index (χ3v) is 6.45. The van der Waals surface area contributed by atoms with E-state index in [1.54, 1.807) is 0 Å². The summed E-state index contributed by atoms with van der Waals surface area (Å²) in [4.78, 5) is 33.5. The zero-order chi connectivity index (χ0) is 26.3. The van der Waals surface area contributed by atoms with Crippen LogP contribution in [0.25, 0.3) is 0 Å². The lowest BCUT2D eigenvalue weighted by molar-refractivity contribution is -0.137. The molecule has 9 heteroatoms. The maximum Gasteiger partial charge on any atom is 0.305 e. The molecule has 0 aliphatic carbocycles. The van der Waals surface area contributed by atoms with Crippen molar-refractivity contribution in [3.63, 3.8) is 0 Å². The average Bonchev–Trinajstić information content (AvgIpc) is 2.82. The maximum absolute atomic E-state index is 13.0. The highest BCUT2D eigenvalue weighted by atomic mass is 79.9. The number of aryl methyl sites for hydroxylation is 1. The van der Waals surface area contributed by atoms with Crippen LogP contribution < -0.4 is 16.4 Å². The first-order chi connectivity index (χ1) is 17.1. The van der Waals surface area contributed by atoms with Crippen LogP contribution in [-0.4, -0.2) is 41.3 Å². The second kappa shape index (κ2) is 12.2. The highest BCUT2D eigenvalue weighted by Gasteiger charge is 2.23. The van der Waals surface area contributed by atoms with E-state index in [0.29, 0.717) is 18.5 Å². The summed E-state index contributed by atoms with van der Waals surface area (Å²) in [7, 11) is 0. The molecule has 0 saturated heterocycles. The van der Waals surface area contributed by atoms with Crippen LogP contribution >= 0.6 is 15.9 Å². The number of carbonyl (C=O) groups is 2. The van der Waals surface area contributed by atoms with Gasteiger partial charge in [0.1, 0.15) is 5.82 Å². The first kappa shape index (κ1) is 27.4. The highest BCUT2D eigenvalue weighted by Crippen LogP contribution is 2.30. The molecule has 0 spiro atoms. The number of nitrogens with two attached hydrogens (primary N) is 1. The Morgan fingerprint density at radius 2 is 2.08 bits per heavy atom. The van der Waals surface area contributed by atoms with Crippen molar-refractivity contribution in [2.45, 2.75) is 57.9 Å². The average molecular weight is 557 g/mol. The van der Waals surface area contributed by atoms with E-state index in [4.69, 9.17) is 5.73 Å². The third kappa shape index (κ3) is 7.65. The SMILES string of the molecule is CC(C)(C)c1cc(Br)cc([C@H](CC(=O)O)NC(=O)C(C=NCCc2ccc3c(n2)NCCC3)=CN)c1.